The van der Waals surface area contributed by atoms with E-state index in [4.69, 9.17) is 14.9 Å². The van der Waals surface area contributed by atoms with E-state index in [0.717, 1.165) is 31.2 Å². The van der Waals surface area contributed by atoms with Crippen LogP contribution in [0.1, 0.15) is 44.6 Å². The maximum absolute atomic E-state index is 12.2. The molecular formula is C22H31N3O5. The molecule has 1 saturated heterocycles. The fourth-order valence-electron chi connectivity index (χ4n) is 3.89. The van der Waals surface area contributed by atoms with E-state index in [1.807, 2.05) is 18.3 Å². The average molecular weight is 418 g/mol. The SMILES string of the molecule is CC(CO)NC(=O)C1CC=C(c2ccc(OCC3CCN(C(=O)O)CC3)nc2)CC1. The Morgan fingerprint density at radius 2 is 2.07 bits per heavy atom. The van der Waals surface area contributed by atoms with Gasteiger partial charge in [0.2, 0.25) is 11.8 Å². The Morgan fingerprint density at radius 3 is 2.63 bits per heavy atom. The third-order valence-electron chi connectivity index (χ3n) is 5.90. The molecule has 1 aromatic rings. The zero-order valence-electron chi connectivity index (χ0n) is 17.4. The molecular weight excluding hydrogens is 386 g/mol. The van der Waals surface area contributed by atoms with Gasteiger partial charge in [0.15, 0.2) is 0 Å². The topological polar surface area (TPSA) is 112 Å². The van der Waals surface area contributed by atoms with Crippen molar-refractivity contribution in [2.24, 2.45) is 11.8 Å². The van der Waals surface area contributed by atoms with E-state index in [1.165, 1.54) is 10.5 Å². The molecule has 1 fully saturated rings. The highest BCUT2D eigenvalue weighted by Crippen LogP contribution is 2.30. The maximum atomic E-state index is 12.2. The first-order valence-corrected chi connectivity index (χ1v) is 10.6. The number of aliphatic hydroxyl groups is 1. The molecule has 2 atom stereocenters. The number of pyridine rings is 1. The molecule has 0 aromatic carbocycles. The fourth-order valence-corrected chi connectivity index (χ4v) is 3.89. The van der Waals surface area contributed by atoms with E-state index >= 15 is 0 Å². The van der Waals surface area contributed by atoms with Crippen LogP contribution in [0.5, 0.6) is 5.88 Å². The molecule has 164 valence electrons. The number of ether oxygens (including phenoxy) is 1. The quantitative estimate of drug-likeness (QED) is 0.629. The Hall–Kier alpha value is -2.61. The molecule has 2 aliphatic rings. The highest BCUT2D eigenvalue weighted by atomic mass is 16.5. The molecule has 0 spiro atoms. The first-order chi connectivity index (χ1) is 14.5. The second-order valence-electron chi connectivity index (χ2n) is 8.20. The number of piperidine rings is 1. The Kier molecular flexibility index (Phi) is 7.68. The number of carbonyl (C=O) groups excluding carboxylic acids is 1. The summed E-state index contributed by atoms with van der Waals surface area (Å²) >= 11 is 0. The minimum atomic E-state index is -0.852. The van der Waals surface area contributed by atoms with Crippen LogP contribution in [0.25, 0.3) is 5.57 Å². The average Bonchev–Trinajstić information content (AvgIpc) is 2.78. The van der Waals surface area contributed by atoms with Gasteiger partial charge in [0.25, 0.3) is 0 Å². The van der Waals surface area contributed by atoms with Crippen LogP contribution < -0.4 is 10.1 Å². The van der Waals surface area contributed by atoms with Crippen LogP contribution in [-0.4, -0.2) is 64.4 Å². The molecule has 3 N–H and O–H groups in total. The minimum absolute atomic E-state index is 0.00270. The summed E-state index contributed by atoms with van der Waals surface area (Å²) < 4.78 is 5.81. The molecule has 1 aliphatic heterocycles. The normalized spacial score (nSPS) is 20.9. The molecule has 8 nitrogen and oxygen atoms in total. The van der Waals surface area contributed by atoms with Gasteiger partial charge in [-0.15, -0.1) is 0 Å². The lowest BCUT2D eigenvalue weighted by atomic mass is 9.86. The second-order valence-corrected chi connectivity index (χ2v) is 8.20. The Balaban J connectivity index is 1.46. The summed E-state index contributed by atoms with van der Waals surface area (Å²) in [6.45, 7) is 3.40. The monoisotopic (exact) mass is 417 g/mol. The molecule has 0 saturated carbocycles. The first kappa shape index (κ1) is 22.1. The van der Waals surface area contributed by atoms with Crippen LogP contribution in [0.4, 0.5) is 4.79 Å². The van der Waals surface area contributed by atoms with Gasteiger partial charge in [0, 0.05) is 37.3 Å². The Bertz CT molecular complexity index is 757. The summed E-state index contributed by atoms with van der Waals surface area (Å²) in [7, 11) is 0. The summed E-state index contributed by atoms with van der Waals surface area (Å²) in [6.07, 6.45) is 6.96. The summed E-state index contributed by atoms with van der Waals surface area (Å²) in [6, 6.07) is 3.64. The number of nitrogens with zero attached hydrogens (tertiary/aromatic N) is 2. The van der Waals surface area contributed by atoms with E-state index in [-0.39, 0.29) is 24.5 Å². The summed E-state index contributed by atoms with van der Waals surface area (Å²) in [4.78, 5) is 29.0. The van der Waals surface area contributed by atoms with Crippen LogP contribution in [0.2, 0.25) is 0 Å². The van der Waals surface area contributed by atoms with Gasteiger partial charge in [-0.3, -0.25) is 4.79 Å². The van der Waals surface area contributed by atoms with E-state index < -0.39 is 6.09 Å². The number of amides is 2. The van der Waals surface area contributed by atoms with Crippen molar-refractivity contribution in [2.75, 3.05) is 26.3 Å². The lowest BCUT2D eigenvalue weighted by Gasteiger charge is -2.29. The summed E-state index contributed by atoms with van der Waals surface area (Å²) in [5, 5.41) is 20.9. The zero-order chi connectivity index (χ0) is 21.5. The molecule has 8 heteroatoms. The number of allylic oxidation sites excluding steroid dienone is 2. The highest BCUT2D eigenvalue weighted by Gasteiger charge is 2.24. The Morgan fingerprint density at radius 1 is 1.30 bits per heavy atom. The maximum Gasteiger partial charge on any atom is 0.407 e. The van der Waals surface area contributed by atoms with E-state index in [1.54, 1.807) is 6.92 Å². The smallest absolute Gasteiger partial charge is 0.407 e. The van der Waals surface area contributed by atoms with Crippen molar-refractivity contribution in [3.63, 3.8) is 0 Å². The number of hydrogen-bond donors (Lipinski definition) is 3. The van der Waals surface area contributed by atoms with Gasteiger partial charge in [-0.05, 0) is 62.1 Å². The van der Waals surface area contributed by atoms with Crippen molar-refractivity contribution < 1.29 is 24.5 Å². The molecule has 1 aliphatic carbocycles. The van der Waals surface area contributed by atoms with Crippen molar-refractivity contribution in [3.8, 4) is 5.88 Å². The lowest BCUT2D eigenvalue weighted by Crippen LogP contribution is -2.39. The van der Waals surface area contributed by atoms with Crippen LogP contribution in [-0.2, 0) is 4.79 Å². The molecule has 2 unspecified atom stereocenters. The molecule has 1 aromatic heterocycles. The molecule has 30 heavy (non-hydrogen) atoms. The third-order valence-corrected chi connectivity index (χ3v) is 5.90. The van der Waals surface area contributed by atoms with Gasteiger partial charge in [0.1, 0.15) is 0 Å². The predicted octanol–water partition coefficient (Wildman–Crippen LogP) is 2.53. The van der Waals surface area contributed by atoms with Crippen LogP contribution >= 0.6 is 0 Å². The predicted molar refractivity (Wildman–Crippen MR) is 112 cm³/mol. The number of nitrogens with one attached hydrogen (secondary N) is 1. The van der Waals surface area contributed by atoms with Crippen molar-refractivity contribution in [1.29, 1.82) is 0 Å². The minimum Gasteiger partial charge on any atom is -0.477 e. The van der Waals surface area contributed by atoms with Crippen molar-refractivity contribution in [2.45, 2.75) is 45.1 Å². The third kappa shape index (κ3) is 5.95. The van der Waals surface area contributed by atoms with Gasteiger partial charge >= 0.3 is 6.09 Å². The fraction of sp³-hybridized carbons (Fsp3) is 0.591. The van der Waals surface area contributed by atoms with Gasteiger partial charge in [-0.1, -0.05) is 6.08 Å². The largest absolute Gasteiger partial charge is 0.477 e. The van der Waals surface area contributed by atoms with E-state index in [0.29, 0.717) is 37.9 Å². The van der Waals surface area contributed by atoms with Gasteiger partial charge < -0.3 is 25.2 Å². The molecule has 3 rings (SSSR count). The number of aromatic nitrogens is 1. The first-order valence-electron chi connectivity index (χ1n) is 10.6. The number of likely N-dealkylation sites (tertiary alicyclic amines) is 1. The second kappa shape index (κ2) is 10.4. The van der Waals surface area contributed by atoms with Crippen molar-refractivity contribution in [1.82, 2.24) is 15.2 Å². The molecule has 0 radical (unpaired) electrons. The highest BCUT2D eigenvalue weighted by molar-refractivity contribution is 5.80. The number of rotatable bonds is 7. The summed E-state index contributed by atoms with van der Waals surface area (Å²) in [5.74, 6) is 0.875. The number of carboxylic acid groups (broad SMARTS) is 1. The van der Waals surface area contributed by atoms with Crippen molar-refractivity contribution >= 4 is 17.6 Å². The molecule has 0 bridgehead atoms. The molecule has 2 heterocycles. The Labute approximate surface area is 176 Å². The van der Waals surface area contributed by atoms with Crippen molar-refractivity contribution in [3.05, 3.63) is 30.0 Å². The zero-order valence-corrected chi connectivity index (χ0v) is 17.4. The number of aliphatic hydroxyl groups excluding tert-OH is 1. The van der Waals surface area contributed by atoms with E-state index in [9.17, 15) is 9.59 Å². The lowest BCUT2D eigenvalue weighted by molar-refractivity contribution is -0.126. The standard InChI is InChI=1S/C22H31N3O5/c1-15(13-26)24-21(27)18-4-2-17(3-5-18)19-6-7-20(23-12-19)30-14-16-8-10-25(11-9-16)22(28)29/h2,6-7,12,15-16,18,26H,3-5,8-11,13-14H2,1H3,(H,24,27)(H,28,29). The van der Waals surface area contributed by atoms with E-state index in [2.05, 4.69) is 16.4 Å². The van der Waals surface area contributed by atoms with Crippen LogP contribution in [0.15, 0.2) is 24.4 Å². The summed E-state index contributed by atoms with van der Waals surface area (Å²) in [5.41, 5.74) is 2.23. The number of carbonyl (C=O) groups is 2. The van der Waals surface area contributed by atoms with Gasteiger partial charge in [-0.25, -0.2) is 9.78 Å². The van der Waals surface area contributed by atoms with Crippen LogP contribution in [0, 0.1) is 11.8 Å². The van der Waals surface area contributed by atoms with Gasteiger partial charge in [0.05, 0.1) is 13.2 Å². The molecule has 2 amide bonds. The van der Waals surface area contributed by atoms with Gasteiger partial charge in [-0.2, -0.15) is 0 Å². The number of hydrogen-bond acceptors (Lipinski definition) is 5. The van der Waals surface area contributed by atoms with Crippen LogP contribution in [0.3, 0.4) is 0 Å².